The van der Waals surface area contributed by atoms with Gasteiger partial charge in [0.25, 0.3) is 0 Å². The van der Waals surface area contributed by atoms with Crippen molar-refractivity contribution >= 4 is 54.4 Å². The molecule has 11 nitrogen and oxygen atoms in total. The first kappa shape index (κ1) is 29.0. The molecule has 3 aromatic rings. The fourth-order valence-electron chi connectivity index (χ4n) is 3.35. The van der Waals surface area contributed by atoms with E-state index in [1.54, 1.807) is 0 Å². The molecule has 0 aromatic heterocycles. The van der Waals surface area contributed by atoms with Gasteiger partial charge in [-0.15, -0.1) is 0 Å². The predicted octanol–water partition coefficient (Wildman–Crippen LogP) is 1.57. The third-order valence-electron chi connectivity index (χ3n) is 4.80. The van der Waals surface area contributed by atoms with Crippen LogP contribution in [0.1, 0.15) is 0 Å². The number of hydrogen-bond acceptors (Lipinski definition) is 10. The zero-order chi connectivity index (χ0) is 27.9. The summed E-state index contributed by atoms with van der Waals surface area (Å²) in [6.45, 7) is 0. The fraction of sp³-hybridized carbons (Fsp3) is 0. The Morgan fingerprint density at radius 2 is 0.649 bits per heavy atom. The van der Waals surface area contributed by atoms with Crippen molar-refractivity contribution in [1.29, 1.82) is 0 Å². The van der Waals surface area contributed by atoms with Crippen LogP contribution < -0.4 is 0 Å². The standard InChI is InChI=1S/C18H15F2NO10S5Si/c19-35(28,29)21(36(20,30)31)37(32(22,23)16-10-4-1-5-11-16,33(24,25)17-12-6-2-7-13-17)34(26,27)18-14-8-3-9-15-18/h1-15H. The normalized spacial score (nSPS) is 13.9. The van der Waals surface area contributed by atoms with Crippen molar-refractivity contribution in [2.75, 3.05) is 0 Å². The Hall–Kier alpha value is -2.55. The average molecular weight is 632 g/mol. The Morgan fingerprint density at radius 1 is 0.432 bits per heavy atom. The summed E-state index contributed by atoms with van der Waals surface area (Å²) in [5, 5.41) is 0. The van der Waals surface area contributed by atoms with Crippen LogP contribution in [0.25, 0.3) is 0 Å². The molecule has 3 aromatic carbocycles. The molecule has 19 heteroatoms. The Labute approximate surface area is 212 Å². The molecule has 0 aliphatic heterocycles. The molecule has 200 valence electrons. The van der Waals surface area contributed by atoms with Gasteiger partial charge in [0.2, 0.25) is 27.9 Å². The number of benzene rings is 3. The van der Waals surface area contributed by atoms with Gasteiger partial charge in [0.05, 0.1) is 14.7 Å². The molecule has 0 atom stereocenters. The smallest absolute Gasteiger partial charge is 0.227 e. The Balaban J connectivity index is 2.83. The summed E-state index contributed by atoms with van der Waals surface area (Å²) in [6.07, 6.45) is 0. The van der Waals surface area contributed by atoms with Crippen LogP contribution in [-0.2, 0) is 48.7 Å². The first-order valence-electron chi connectivity index (χ1n) is 9.52. The summed E-state index contributed by atoms with van der Waals surface area (Å²) >= 11 is 0. The van der Waals surface area contributed by atoms with Crippen LogP contribution in [0, 0.1) is 0 Å². The maximum Gasteiger partial charge on any atom is 0.570 e. The highest BCUT2D eigenvalue weighted by Crippen LogP contribution is 2.44. The van der Waals surface area contributed by atoms with Gasteiger partial charge < -0.3 is 0 Å². The Morgan fingerprint density at radius 3 is 0.838 bits per heavy atom. The molecule has 0 saturated heterocycles. The molecule has 0 saturated carbocycles. The molecule has 0 unspecified atom stereocenters. The number of halogens is 2. The van der Waals surface area contributed by atoms with Crippen molar-refractivity contribution in [1.82, 2.24) is 3.38 Å². The Kier molecular flexibility index (Phi) is 7.56. The van der Waals surface area contributed by atoms with E-state index < -0.39 is 72.4 Å². The summed E-state index contributed by atoms with van der Waals surface area (Å²) < 4.78 is 160. The summed E-state index contributed by atoms with van der Waals surface area (Å²) in [6, 6.07) is 13.1. The van der Waals surface area contributed by atoms with E-state index in [9.17, 15) is 49.9 Å². The fourth-order valence-corrected chi connectivity index (χ4v) is 41.6. The van der Waals surface area contributed by atoms with Crippen molar-refractivity contribution in [3.8, 4) is 0 Å². The van der Waals surface area contributed by atoms with Crippen LogP contribution >= 0.6 is 0 Å². The van der Waals surface area contributed by atoms with Gasteiger partial charge in [-0.1, -0.05) is 62.4 Å². The first-order chi connectivity index (χ1) is 16.9. The number of nitrogens with zero attached hydrogens (tertiary/aromatic N) is 1. The van der Waals surface area contributed by atoms with Gasteiger partial charge >= 0.3 is 26.5 Å². The molecule has 0 radical (unpaired) electrons. The molecule has 0 bridgehead atoms. The topological polar surface area (TPSA) is 174 Å². The van der Waals surface area contributed by atoms with Gasteiger partial charge in [-0.2, -0.15) is 16.8 Å². The lowest BCUT2D eigenvalue weighted by atomic mass is 10.4. The summed E-state index contributed by atoms with van der Waals surface area (Å²) in [7, 11) is -33.4. The first-order valence-corrected chi connectivity index (χ1v) is 20.8. The van der Waals surface area contributed by atoms with Gasteiger partial charge in [0.1, 0.15) is 0 Å². The van der Waals surface area contributed by atoms with E-state index in [4.69, 9.17) is 0 Å². The minimum Gasteiger partial charge on any atom is -0.227 e. The van der Waals surface area contributed by atoms with Crippen molar-refractivity contribution in [3.05, 3.63) is 91.0 Å². The molecule has 3 rings (SSSR count). The third-order valence-corrected chi connectivity index (χ3v) is 38.6. The van der Waals surface area contributed by atoms with Gasteiger partial charge in [-0.25, -0.2) is 25.3 Å². The lowest BCUT2D eigenvalue weighted by Gasteiger charge is -2.32. The molecule has 0 aliphatic carbocycles. The summed E-state index contributed by atoms with van der Waals surface area (Å²) in [5.41, 5.74) is -7.78. The van der Waals surface area contributed by atoms with E-state index in [2.05, 4.69) is 0 Å². The van der Waals surface area contributed by atoms with E-state index in [0.29, 0.717) is 36.4 Å². The lowest BCUT2D eigenvalue weighted by molar-refractivity contribution is 0.492. The largest absolute Gasteiger partial charge is 0.570 e. The molecule has 0 heterocycles. The summed E-state index contributed by atoms with van der Waals surface area (Å²) in [4.78, 5) is -3.67. The molecule has 0 amide bonds. The minimum absolute atomic E-state index is 0.617. The molecule has 0 fully saturated rings. The quantitative estimate of drug-likeness (QED) is 0.249. The van der Waals surface area contributed by atoms with E-state index in [-0.39, 0.29) is 0 Å². The second-order valence-electron chi connectivity index (χ2n) is 7.05. The summed E-state index contributed by atoms with van der Waals surface area (Å²) in [5.74, 6) is 0. The van der Waals surface area contributed by atoms with Crippen LogP contribution in [0.4, 0.5) is 7.77 Å². The Bertz CT molecular complexity index is 1650. The molecule has 37 heavy (non-hydrogen) atoms. The van der Waals surface area contributed by atoms with Gasteiger partial charge in [-0.3, -0.25) is 0 Å². The maximum absolute atomic E-state index is 14.7. The second kappa shape index (κ2) is 9.64. The molecular weight excluding hydrogens is 617 g/mol. The predicted molar refractivity (Wildman–Crippen MR) is 129 cm³/mol. The molecular formula is C18H15F2NO10S5Si. The molecule has 0 aliphatic rings. The highest BCUT2D eigenvalue weighted by atomic mass is 32.8. The lowest BCUT2D eigenvalue weighted by Crippen LogP contribution is -2.71. The van der Waals surface area contributed by atoms with E-state index >= 15 is 0 Å². The van der Waals surface area contributed by atoms with Crippen molar-refractivity contribution in [2.45, 2.75) is 14.7 Å². The van der Waals surface area contributed by atoms with Gasteiger partial charge in [0, 0.05) is 0 Å². The highest BCUT2D eigenvalue weighted by Gasteiger charge is 2.82. The number of rotatable bonds is 9. The second-order valence-corrected chi connectivity index (χ2v) is 28.7. The van der Waals surface area contributed by atoms with E-state index in [0.717, 1.165) is 36.4 Å². The minimum atomic E-state index is -7.78. The zero-order valence-corrected chi connectivity index (χ0v) is 23.1. The van der Waals surface area contributed by atoms with Crippen LogP contribution in [0.3, 0.4) is 0 Å². The van der Waals surface area contributed by atoms with Gasteiger partial charge in [-0.05, 0) is 39.8 Å². The molecule has 0 N–H and O–H groups in total. The van der Waals surface area contributed by atoms with E-state index in [1.807, 2.05) is 0 Å². The molecule has 0 spiro atoms. The van der Waals surface area contributed by atoms with Crippen LogP contribution in [-0.4, -0.2) is 51.1 Å². The average Bonchev–Trinajstić information content (AvgIpc) is 2.82. The van der Waals surface area contributed by atoms with Crippen LogP contribution in [0.5, 0.6) is 0 Å². The van der Waals surface area contributed by atoms with Gasteiger partial charge in [0.15, 0.2) is 0 Å². The monoisotopic (exact) mass is 631 g/mol. The van der Waals surface area contributed by atoms with Crippen molar-refractivity contribution in [3.63, 3.8) is 0 Å². The highest BCUT2D eigenvalue weighted by molar-refractivity contribution is 8.74. The number of hydrogen-bond donors (Lipinski definition) is 0. The maximum atomic E-state index is 14.7. The van der Waals surface area contributed by atoms with Crippen molar-refractivity contribution < 1.29 is 49.9 Å². The zero-order valence-electron chi connectivity index (χ0n) is 18.0. The van der Waals surface area contributed by atoms with Crippen LogP contribution in [0.15, 0.2) is 106 Å². The van der Waals surface area contributed by atoms with Crippen LogP contribution in [0.2, 0.25) is 0 Å². The van der Waals surface area contributed by atoms with E-state index in [1.165, 1.54) is 18.2 Å². The third kappa shape index (κ3) is 4.64. The van der Waals surface area contributed by atoms with Crippen molar-refractivity contribution in [2.24, 2.45) is 0 Å². The SMILES string of the molecule is O=S(=O)(F)N([Si](S(=O)(=O)c1ccccc1)(S(=O)(=O)c1ccccc1)S(=O)(=O)c1ccccc1)S(=O)(=O)F.